The lowest BCUT2D eigenvalue weighted by molar-refractivity contribution is -0.130. The van der Waals surface area contributed by atoms with E-state index in [2.05, 4.69) is 0 Å². The van der Waals surface area contributed by atoms with E-state index in [1.807, 2.05) is 4.90 Å². The zero-order chi connectivity index (χ0) is 15.5. The Balaban J connectivity index is 1.97. The third kappa shape index (κ3) is 3.81. The maximum Gasteiger partial charge on any atom is 0.243 e. The Morgan fingerprint density at radius 3 is 2.19 bits per heavy atom. The summed E-state index contributed by atoms with van der Waals surface area (Å²) in [5.74, 6) is 0.0365. The highest BCUT2D eigenvalue weighted by Crippen LogP contribution is 2.17. The van der Waals surface area contributed by atoms with Crippen molar-refractivity contribution in [1.29, 1.82) is 0 Å². The number of piperazine rings is 1. The van der Waals surface area contributed by atoms with Crippen molar-refractivity contribution in [3.63, 3.8) is 0 Å². The molecule has 0 aromatic heterocycles. The smallest absolute Gasteiger partial charge is 0.243 e. The van der Waals surface area contributed by atoms with Gasteiger partial charge < -0.3 is 4.90 Å². The summed E-state index contributed by atoms with van der Waals surface area (Å²) >= 11 is 0. The van der Waals surface area contributed by atoms with Gasteiger partial charge in [-0.15, -0.1) is 0 Å². The number of likely N-dealkylation sites (N-methyl/N-ethyl adjacent to an activating group) is 1. The SMILES string of the molecule is CN(C)C(=O)CN1CCN(S(=O)(=O)c2ccccc2)CC1. The molecule has 7 heteroatoms. The number of carbonyl (C=O) groups excluding carboxylic acids is 1. The Bertz CT molecular complexity index is 579. The van der Waals surface area contributed by atoms with E-state index in [0.29, 0.717) is 37.6 Å². The van der Waals surface area contributed by atoms with Crippen LogP contribution in [0.3, 0.4) is 0 Å². The Hall–Kier alpha value is -1.44. The maximum absolute atomic E-state index is 12.5. The molecule has 116 valence electrons. The molecule has 0 spiro atoms. The van der Waals surface area contributed by atoms with Gasteiger partial charge in [-0.25, -0.2) is 8.42 Å². The molecule has 2 rings (SSSR count). The topological polar surface area (TPSA) is 60.9 Å². The first-order valence-corrected chi connectivity index (χ1v) is 8.33. The lowest BCUT2D eigenvalue weighted by Gasteiger charge is -2.33. The quantitative estimate of drug-likeness (QED) is 0.790. The summed E-state index contributed by atoms with van der Waals surface area (Å²) in [5.41, 5.74) is 0. The summed E-state index contributed by atoms with van der Waals surface area (Å²) in [4.78, 5) is 15.5. The predicted octanol–water partition coefficient (Wildman–Crippen LogP) is 0.0811. The minimum atomic E-state index is -3.42. The van der Waals surface area contributed by atoms with Crippen molar-refractivity contribution in [2.75, 3.05) is 46.8 Å². The van der Waals surface area contributed by atoms with E-state index in [0.717, 1.165) is 0 Å². The van der Waals surface area contributed by atoms with E-state index < -0.39 is 10.0 Å². The van der Waals surface area contributed by atoms with Gasteiger partial charge in [0.1, 0.15) is 0 Å². The summed E-state index contributed by atoms with van der Waals surface area (Å²) < 4.78 is 26.4. The van der Waals surface area contributed by atoms with Crippen molar-refractivity contribution in [2.24, 2.45) is 0 Å². The standard InChI is InChI=1S/C14H21N3O3S/c1-15(2)14(18)12-16-8-10-17(11-9-16)21(19,20)13-6-4-3-5-7-13/h3-7H,8-12H2,1-2H3. The first kappa shape index (κ1) is 15.9. The second-order valence-electron chi connectivity index (χ2n) is 5.28. The number of amides is 1. The van der Waals surface area contributed by atoms with Crippen molar-refractivity contribution >= 4 is 15.9 Å². The first-order valence-electron chi connectivity index (χ1n) is 6.89. The largest absolute Gasteiger partial charge is 0.348 e. The molecule has 0 aliphatic carbocycles. The van der Waals surface area contributed by atoms with Gasteiger partial charge in [0, 0.05) is 40.3 Å². The maximum atomic E-state index is 12.5. The van der Waals surface area contributed by atoms with Crippen LogP contribution in [0.25, 0.3) is 0 Å². The molecule has 0 bridgehead atoms. The molecule has 1 aromatic rings. The molecule has 1 aliphatic heterocycles. The predicted molar refractivity (Wildman–Crippen MR) is 80.3 cm³/mol. The molecule has 1 saturated heterocycles. The van der Waals surface area contributed by atoms with Crippen LogP contribution in [0.1, 0.15) is 0 Å². The zero-order valence-electron chi connectivity index (χ0n) is 12.4. The highest BCUT2D eigenvalue weighted by atomic mass is 32.2. The molecule has 1 aliphatic rings. The molecule has 1 amide bonds. The monoisotopic (exact) mass is 311 g/mol. The van der Waals surface area contributed by atoms with Gasteiger partial charge >= 0.3 is 0 Å². The van der Waals surface area contributed by atoms with E-state index in [1.165, 1.54) is 4.31 Å². The molecule has 0 radical (unpaired) electrons. The summed E-state index contributed by atoms with van der Waals surface area (Å²) in [6.07, 6.45) is 0. The van der Waals surface area contributed by atoms with Gasteiger partial charge in [-0.3, -0.25) is 9.69 Å². The Labute approximate surface area is 126 Å². The van der Waals surface area contributed by atoms with Crippen molar-refractivity contribution in [3.8, 4) is 0 Å². The Kier molecular flexibility index (Phi) is 4.97. The fraction of sp³-hybridized carbons (Fsp3) is 0.500. The average molecular weight is 311 g/mol. The minimum Gasteiger partial charge on any atom is -0.348 e. The molecular formula is C14H21N3O3S. The van der Waals surface area contributed by atoms with Crippen molar-refractivity contribution in [1.82, 2.24) is 14.1 Å². The van der Waals surface area contributed by atoms with Gasteiger partial charge in [-0.05, 0) is 12.1 Å². The van der Waals surface area contributed by atoms with Crippen LogP contribution in [0, 0.1) is 0 Å². The fourth-order valence-corrected chi connectivity index (χ4v) is 3.65. The van der Waals surface area contributed by atoms with Crippen molar-refractivity contribution < 1.29 is 13.2 Å². The normalized spacial score (nSPS) is 17.6. The molecule has 21 heavy (non-hydrogen) atoms. The molecule has 0 atom stereocenters. The van der Waals surface area contributed by atoms with Gasteiger partial charge in [0.25, 0.3) is 0 Å². The van der Waals surface area contributed by atoms with Gasteiger partial charge in [0.05, 0.1) is 11.4 Å². The highest BCUT2D eigenvalue weighted by molar-refractivity contribution is 7.89. The lowest BCUT2D eigenvalue weighted by atomic mass is 10.3. The summed E-state index contributed by atoms with van der Waals surface area (Å²) in [6, 6.07) is 8.45. The van der Waals surface area contributed by atoms with Crippen LogP contribution < -0.4 is 0 Å². The minimum absolute atomic E-state index is 0.0365. The molecule has 6 nitrogen and oxygen atoms in total. The van der Waals surface area contributed by atoms with E-state index in [1.54, 1.807) is 49.3 Å². The van der Waals surface area contributed by atoms with E-state index in [-0.39, 0.29) is 5.91 Å². The van der Waals surface area contributed by atoms with Crippen LogP contribution in [0.2, 0.25) is 0 Å². The number of carbonyl (C=O) groups is 1. The molecule has 0 unspecified atom stereocenters. The molecule has 1 fully saturated rings. The van der Waals surface area contributed by atoms with E-state index >= 15 is 0 Å². The number of sulfonamides is 1. The summed E-state index contributed by atoms with van der Waals surface area (Å²) in [5, 5.41) is 0. The van der Waals surface area contributed by atoms with E-state index in [9.17, 15) is 13.2 Å². The van der Waals surface area contributed by atoms with Crippen LogP contribution in [-0.2, 0) is 14.8 Å². The summed E-state index contributed by atoms with van der Waals surface area (Å²) in [6.45, 7) is 2.32. The van der Waals surface area contributed by atoms with Crippen LogP contribution in [-0.4, -0.2) is 75.2 Å². The van der Waals surface area contributed by atoms with Crippen LogP contribution in [0.15, 0.2) is 35.2 Å². The zero-order valence-corrected chi connectivity index (χ0v) is 13.2. The lowest BCUT2D eigenvalue weighted by Crippen LogP contribution is -2.50. The third-order valence-corrected chi connectivity index (χ3v) is 5.48. The number of rotatable bonds is 4. The van der Waals surface area contributed by atoms with Gasteiger partial charge in [-0.2, -0.15) is 4.31 Å². The number of hydrogen-bond acceptors (Lipinski definition) is 4. The molecule has 0 N–H and O–H groups in total. The fourth-order valence-electron chi connectivity index (χ4n) is 2.20. The second-order valence-corrected chi connectivity index (χ2v) is 7.22. The van der Waals surface area contributed by atoms with Crippen molar-refractivity contribution in [2.45, 2.75) is 4.90 Å². The Morgan fingerprint density at radius 2 is 1.67 bits per heavy atom. The number of benzene rings is 1. The average Bonchev–Trinajstić information content (AvgIpc) is 2.48. The molecule has 1 heterocycles. The van der Waals surface area contributed by atoms with Gasteiger partial charge in [0.15, 0.2) is 0 Å². The van der Waals surface area contributed by atoms with E-state index in [4.69, 9.17) is 0 Å². The highest BCUT2D eigenvalue weighted by Gasteiger charge is 2.28. The second kappa shape index (κ2) is 6.55. The van der Waals surface area contributed by atoms with Crippen LogP contribution in [0.5, 0.6) is 0 Å². The molecule has 0 saturated carbocycles. The number of hydrogen-bond donors (Lipinski definition) is 0. The van der Waals surface area contributed by atoms with Gasteiger partial charge in [0.2, 0.25) is 15.9 Å². The van der Waals surface area contributed by atoms with Crippen LogP contribution >= 0.6 is 0 Å². The Morgan fingerprint density at radius 1 is 1.10 bits per heavy atom. The van der Waals surface area contributed by atoms with Crippen molar-refractivity contribution in [3.05, 3.63) is 30.3 Å². The first-order chi connectivity index (χ1) is 9.91. The third-order valence-electron chi connectivity index (χ3n) is 3.57. The number of nitrogens with zero attached hydrogens (tertiary/aromatic N) is 3. The molecule has 1 aromatic carbocycles. The van der Waals surface area contributed by atoms with Crippen LogP contribution in [0.4, 0.5) is 0 Å². The van der Waals surface area contributed by atoms with Gasteiger partial charge in [-0.1, -0.05) is 18.2 Å². The summed E-state index contributed by atoms with van der Waals surface area (Å²) in [7, 11) is 0.0224. The molecular weight excluding hydrogens is 290 g/mol.